The maximum absolute atomic E-state index is 12.2. The third kappa shape index (κ3) is 3.17. The van der Waals surface area contributed by atoms with Gasteiger partial charge in [-0.1, -0.05) is 0 Å². The van der Waals surface area contributed by atoms with Gasteiger partial charge in [0.2, 0.25) is 0 Å². The van der Waals surface area contributed by atoms with Crippen LogP contribution in [0, 0.1) is 0 Å². The van der Waals surface area contributed by atoms with Gasteiger partial charge in [0.1, 0.15) is 0 Å². The fourth-order valence-electron chi connectivity index (χ4n) is 4.07. The molecule has 1 atom stereocenters. The van der Waals surface area contributed by atoms with Crippen LogP contribution in [0.4, 0.5) is 5.69 Å². The molecule has 1 aliphatic heterocycles. The number of aliphatic imine (C=N–C) groups is 1. The van der Waals surface area contributed by atoms with Crippen LogP contribution >= 0.6 is 47.8 Å². The van der Waals surface area contributed by atoms with Crippen molar-refractivity contribution in [3.63, 3.8) is 0 Å². The first-order valence-corrected chi connectivity index (χ1v) is 15.6. The van der Waals surface area contributed by atoms with Gasteiger partial charge in [0.15, 0.2) is 0 Å². The van der Waals surface area contributed by atoms with Gasteiger partial charge >= 0.3 is 197 Å². The van der Waals surface area contributed by atoms with Crippen molar-refractivity contribution in [2.75, 3.05) is 0 Å². The van der Waals surface area contributed by atoms with Crippen molar-refractivity contribution in [3.8, 4) is 15.8 Å². The normalized spacial score (nSPS) is 20.5. The number of hydrogen-bond donors (Lipinski definition) is 1. The van der Waals surface area contributed by atoms with Crippen molar-refractivity contribution in [2.45, 2.75) is 25.9 Å². The summed E-state index contributed by atoms with van der Waals surface area (Å²) in [7, 11) is -2.27. The van der Waals surface area contributed by atoms with E-state index in [-0.39, 0.29) is 26.0 Å². The minimum absolute atomic E-state index is 0.0200. The van der Waals surface area contributed by atoms with E-state index in [1.165, 1.54) is 0 Å². The van der Waals surface area contributed by atoms with E-state index in [1.54, 1.807) is 18.2 Å². The number of allylic oxidation sites excluding steroid dienone is 4. The Morgan fingerprint density at radius 3 is 2.57 bits per heavy atom. The molecule has 0 saturated heterocycles. The Kier molecular flexibility index (Phi) is 5.66. The van der Waals surface area contributed by atoms with Crippen LogP contribution in [-0.2, 0) is 4.79 Å². The standard InChI is InChI=1S/C20H16Br3NO2SeSi/c1-3-8-28(2)14-9-10(25)4-5-11(14)24-12-6-7-13(26)15(19(12)28)18-16(21)17(22)20(23)27-18/h4-7,9,26H,3,8H2,1-2H3. The van der Waals surface area contributed by atoms with Gasteiger partial charge < -0.3 is 0 Å². The van der Waals surface area contributed by atoms with E-state index in [1.807, 2.05) is 12.1 Å². The molecule has 144 valence electrons. The van der Waals surface area contributed by atoms with Crippen LogP contribution in [-0.4, -0.2) is 39.2 Å². The molecule has 1 aromatic carbocycles. The average molecular weight is 649 g/mol. The van der Waals surface area contributed by atoms with E-state index in [4.69, 9.17) is 4.99 Å². The summed E-state index contributed by atoms with van der Waals surface area (Å²) in [4.78, 5) is 17.1. The summed E-state index contributed by atoms with van der Waals surface area (Å²) in [5.41, 5.74) is 2.71. The third-order valence-corrected chi connectivity index (χ3v) is 17.1. The second-order valence-corrected chi connectivity index (χ2v) is 17.0. The first kappa shape index (κ1) is 20.8. The Morgan fingerprint density at radius 1 is 1.18 bits per heavy atom. The van der Waals surface area contributed by atoms with Gasteiger partial charge in [0.25, 0.3) is 0 Å². The van der Waals surface area contributed by atoms with Gasteiger partial charge in [-0.15, -0.1) is 0 Å². The molecule has 0 spiro atoms. The van der Waals surface area contributed by atoms with Gasteiger partial charge in [-0.05, 0) is 0 Å². The van der Waals surface area contributed by atoms with Gasteiger partial charge in [-0.3, -0.25) is 0 Å². The number of carbonyl (C=O) groups is 1. The Balaban J connectivity index is 2.10. The predicted molar refractivity (Wildman–Crippen MR) is 129 cm³/mol. The molecule has 0 fully saturated rings. The summed E-state index contributed by atoms with van der Waals surface area (Å²) >= 11 is 11.0. The van der Waals surface area contributed by atoms with Crippen molar-refractivity contribution in [1.82, 2.24) is 0 Å². The van der Waals surface area contributed by atoms with Crippen LogP contribution in [0.25, 0.3) is 10.0 Å². The van der Waals surface area contributed by atoms with E-state index in [9.17, 15) is 9.90 Å². The van der Waals surface area contributed by atoms with Crippen LogP contribution in [0.1, 0.15) is 13.3 Å². The molecule has 0 bridgehead atoms. The van der Waals surface area contributed by atoms with E-state index < -0.39 is 8.07 Å². The number of carbonyl (C=O) groups excluding carboxylic acids is 1. The average Bonchev–Trinajstić information content (AvgIpc) is 2.91. The van der Waals surface area contributed by atoms with Crippen molar-refractivity contribution in [1.29, 1.82) is 0 Å². The Hall–Kier alpha value is -0.504. The van der Waals surface area contributed by atoms with Gasteiger partial charge in [-0.25, -0.2) is 0 Å². The molecular weight excluding hydrogens is 633 g/mol. The number of aromatic hydroxyl groups is 1. The quantitative estimate of drug-likeness (QED) is 0.339. The number of phenolic OH excluding ortho intramolecular Hbond substituents is 1. The Morgan fingerprint density at radius 2 is 1.93 bits per heavy atom. The maximum atomic E-state index is 12.2. The fraction of sp³-hybridized carbons (Fsp3) is 0.200. The van der Waals surface area contributed by atoms with Crippen LogP contribution in [0.5, 0.6) is 5.75 Å². The molecule has 1 aliphatic carbocycles. The Bertz CT molecular complexity index is 1120. The van der Waals surface area contributed by atoms with Gasteiger partial charge in [0, 0.05) is 0 Å². The van der Waals surface area contributed by atoms with Crippen LogP contribution in [0.2, 0.25) is 12.6 Å². The molecule has 2 heterocycles. The third-order valence-electron chi connectivity index (χ3n) is 5.25. The summed E-state index contributed by atoms with van der Waals surface area (Å²) in [6, 6.07) is 4.65. The molecule has 0 amide bonds. The number of phenols is 1. The Labute approximate surface area is 195 Å². The van der Waals surface area contributed by atoms with Gasteiger partial charge in [-0.2, -0.15) is 0 Å². The molecule has 0 saturated carbocycles. The monoisotopic (exact) mass is 647 g/mol. The van der Waals surface area contributed by atoms with Crippen LogP contribution in [0.3, 0.4) is 0 Å². The molecule has 1 aromatic heterocycles. The fourth-order valence-corrected chi connectivity index (χ4v) is 13.9. The zero-order valence-electron chi connectivity index (χ0n) is 15.1. The number of halogens is 3. The van der Waals surface area contributed by atoms with E-state index in [0.717, 1.165) is 56.5 Å². The zero-order chi connectivity index (χ0) is 20.2. The molecular formula is C20H16Br3NO2SeSi. The summed E-state index contributed by atoms with van der Waals surface area (Å²) in [5.74, 6) is 0.299. The summed E-state index contributed by atoms with van der Waals surface area (Å²) in [5, 5.41) is 13.2. The predicted octanol–water partition coefficient (Wildman–Crippen LogP) is 5.79. The van der Waals surface area contributed by atoms with E-state index in [0.29, 0.717) is 0 Å². The molecule has 8 heteroatoms. The number of fused-ring (bicyclic) bond motifs is 2. The number of nitrogens with zero attached hydrogens (tertiary/aromatic N) is 1. The second kappa shape index (κ2) is 7.64. The molecule has 0 radical (unpaired) electrons. The van der Waals surface area contributed by atoms with E-state index >= 15 is 0 Å². The number of hydrogen-bond acceptors (Lipinski definition) is 3. The molecule has 2 aromatic rings. The number of benzene rings is 1. The zero-order valence-corrected chi connectivity index (χ0v) is 22.6. The van der Waals surface area contributed by atoms with Crippen molar-refractivity contribution in [2.24, 2.45) is 4.99 Å². The molecule has 2 aliphatic rings. The second-order valence-electron chi connectivity index (χ2n) is 7.06. The summed E-state index contributed by atoms with van der Waals surface area (Å²) < 4.78 is 4.17. The van der Waals surface area contributed by atoms with Crippen molar-refractivity contribution >= 4 is 92.7 Å². The molecule has 4 rings (SSSR count). The molecule has 1 N–H and O–H groups in total. The van der Waals surface area contributed by atoms with Crippen molar-refractivity contribution < 1.29 is 9.90 Å². The molecule has 3 nitrogen and oxygen atoms in total. The molecule has 1 unspecified atom stereocenters. The van der Waals surface area contributed by atoms with Crippen molar-refractivity contribution in [3.05, 3.63) is 47.8 Å². The summed E-state index contributed by atoms with van der Waals surface area (Å²) in [6.45, 7) is 4.48. The SMILES string of the molecule is CCC[Si]1(C)C2=CC(=O)C=CC2=Nc2ccc(O)c(-c3[se]c(Br)c(Br)c3Br)c21. The first-order valence-electron chi connectivity index (χ1n) is 8.81. The topological polar surface area (TPSA) is 49.7 Å². The number of ketones is 1. The van der Waals surface area contributed by atoms with Gasteiger partial charge in [0.05, 0.1) is 0 Å². The summed E-state index contributed by atoms with van der Waals surface area (Å²) in [6.07, 6.45) is 6.21. The first-order chi connectivity index (χ1) is 13.3. The van der Waals surface area contributed by atoms with Crippen LogP contribution < -0.4 is 5.19 Å². The van der Waals surface area contributed by atoms with Crippen LogP contribution in [0.15, 0.2) is 52.8 Å². The number of rotatable bonds is 3. The molecule has 28 heavy (non-hydrogen) atoms. The van der Waals surface area contributed by atoms with E-state index in [2.05, 4.69) is 61.3 Å². The minimum atomic E-state index is -2.27.